The Balaban J connectivity index is 2.20. The Hall–Kier alpha value is -0.290. The number of aliphatic hydroxyl groups excluding tert-OH is 1. The van der Waals surface area contributed by atoms with Gasteiger partial charge in [0.15, 0.2) is 0 Å². The van der Waals surface area contributed by atoms with E-state index in [0.717, 1.165) is 6.42 Å². The second-order valence-electron chi connectivity index (χ2n) is 4.69. The first kappa shape index (κ1) is 13.8. The molecular weight excluding hydrogens is 221 g/mol. The fourth-order valence-electron chi connectivity index (χ4n) is 2.02. The number of hydrogen-bond donors (Lipinski definition) is 1. The number of hydrogen-bond acceptors (Lipinski definition) is 2. The Morgan fingerprint density at radius 1 is 1.44 bits per heavy atom. The summed E-state index contributed by atoms with van der Waals surface area (Å²) in [4.78, 5) is 0. The van der Waals surface area contributed by atoms with Crippen LogP contribution in [0.5, 0.6) is 0 Å². The first-order valence-electron chi connectivity index (χ1n) is 5.66. The topological polar surface area (TPSA) is 29.5 Å². The summed E-state index contributed by atoms with van der Waals surface area (Å²) in [5.74, 6) is 0. The second-order valence-corrected chi connectivity index (χ2v) is 4.69. The van der Waals surface area contributed by atoms with Crippen LogP contribution in [0.15, 0.2) is 0 Å². The first-order valence-corrected chi connectivity index (χ1v) is 5.66. The molecule has 2 nitrogen and oxygen atoms in total. The fourth-order valence-corrected chi connectivity index (χ4v) is 2.02. The minimum absolute atomic E-state index is 0.00408. The standard InChI is InChI=1S/C11H19F3O2/c1-3-10(2)8(15)7-9(10)16-6-4-5-11(12,13)14/h8-9,15H,3-7H2,1-2H3. The van der Waals surface area contributed by atoms with Gasteiger partial charge in [-0.1, -0.05) is 13.8 Å². The summed E-state index contributed by atoms with van der Waals surface area (Å²) in [7, 11) is 0. The predicted molar refractivity (Wildman–Crippen MR) is 54.1 cm³/mol. The lowest BCUT2D eigenvalue weighted by atomic mass is 9.63. The van der Waals surface area contributed by atoms with Gasteiger partial charge in [-0.05, 0) is 12.8 Å². The van der Waals surface area contributed by atoms with E-state index in [4.69, 9.17) is 4.74 Å². The molecule has 5 heteroatoms. The monoisotopic (exact) mass is 240 g/mol. The van der Waals surface area contributed by atoms with Crippen molar-refractivity contribution in [1.82, 2.24) is 0 Å². The molecule has 96 valence electrons. The van der Waals surface area contributed by atoms with Gasteiger partial charge in [0.2, 0.25) is 0 Å². The molecule has 3 atom stereocenters. The summed E-state index contributed by atoms with van der Waals surface area (Å²) in [6.07, 6.45) is -4.07. The van der Waals surface area contributed by atoms with E-state index < -0.39 is 12.6 Å². The molecule has 1 rings (SSSR count). The lowest BCUT2D eigenvalue weighted by Crippen LogP contribution is -2.56. The Bertz CT molecular complexity index is 230. The number of aliphatic hydroxyl groups is 1. The highest BCUT2D eigenvalue weighted by Crippen LogP contribution is 2.45. The molecule has 0 spiro atoms. The summed E-state index contributed by atoms with van der Waals surface area (Å²) in [5, 5.41) is 9.56. The highest BCUT2D eigenvalue weighted by molar-refractivity contribution is 5.00. The van der Waals surface area contributed by atoms with Crippen molar-refractivity contribution in [2.24, 2.45) is 5.41 Å². The molecule has 0 aromatic heterocycles. The minimum Gasteiger partial charge on any atom is -0.392 e. The van der Waals surface area contributed by atoms with Gasteiger partial charge in [-0.15, -0.1) is 0 Å². The lowest BCUT2D eigenvalue weighted by Gasteiger charge is -2.50. The van der Waals surface area contributed by atoms with Gasteiger partial charge >= 0.3 is 6.18 Å². The maximum Gasteiger partial charge on any atom is 0.389 e. The summed E-state index contributed by atoms with van der Waals surface area (Å²) in [6, 6.07) is 0. The highest BCUT2D eigenvalue weighted by Gasteiger charge is 2.50. The lowest BCUT2D eigenvalue weighted by molar-refractivity contribution is -0.190. The van der Waals surface area contributed by atoms with Gasteiger partial charge in [0.05, 0.1) is 12.2 Å². The number of alkyl halides is 3. The van der Waals surface area contributed by atoms with Crippen LogP contribution in [0.4, 0.5) is 13.2 Å². The Kier molecular flexibility index (Phi) is 4.23. The quantitative estimate of drug-likeness (QED) is 0.749. The minimum atomic E-state index is -4.10. The normalized spacial score (nSPS) is 34.9. The molecule has 0 amide bonds. The second kappa shape index (κ2) is 4.92. The number of rotatable bonds is 5. The van der Waals surface area contributed by atoms with Crippen LogP contribution in [0, 0.1) is 5.41 Å². The Morgan fingerprint density at radius 2 is 2.06 bits per heavy atom. The van der Waals surface area contributed by atoms with E-state index >= 15 is 0 Å². The molecule has 3 unspecified atom stereocenters. The van der Waals surface area contributed by atoms with E-state index in [2.05, 4.69) is 0 Å². The molecule has 0 aromatic carbocycles. The molecule has 0 bridgehead atoms. The van der Waals surface area contributed by atoms with Gasteiger partial charge in [-0.2, -0.15) is 13.2 Å². The van der Waals surface area contributed by atoms with Crippen LogP contribution in [0.3, 0.4) is 0 Å². The zero-order chi connectivity index (χ0) is 12.4. The molecule has 0 saturated heterocycles. The van der Waals surface area contributed by atoms with Crippen LogP contribution in [-0.4, -0.2) is 30.1 Å². The molecule has 1 aliphatic carbocycles. The van der Waals surface area contributed by atoms with Gasteiger partial charge in [-0.25, -0.2) is 0 Å². The zero-order valence-electron chi connectivity index (χ0n) is 9.68. The van der Waals surface area contributed by atoms with E-state index in [1.54, 1.807) is 0 Å². The van der Waals surface area contributed by atoms with Crippen molar-refractivity contribution < 1.29 is 23.0 Å². The van der Waals surface area contributed by atoms with Crippen molar-refractivity contribution in [2.45, 2.75) is 57.9 Å². The van der Waals surface area contributed by atoms with Crippen molar-refractivity contribution >= 4 is 0 Å². The molecule has 0 aliphatic heterocycles. The van der Waals surface area contributed by atoms with Crippen molar-refractivity contribution in [3.05, 3.63) is 0 Å². The van der Waals surface area contributed by atoms with Crippen molar-refractivity contribution in [1.29, 1.82) is 0 Å². The summed E-state index contributed by atoms with van der Waals surface area (Å²) >= 11 is 0. The van der Waals surface area contributed by atoms with E-state index in [1.165, 1.54) is 0 Å². The molecule has 1 saturated carbocycles. The smallest absolute Gasteiger partial charge is 0.389 e. The average Bonchev–Trinajstić information content (AvgIpc) is 2.19. The molecule has 0 radical (unpaired) electrons. The Labute approximate surface area is 93.8 Å². The van der Waals surface area contributed by atoms with Crippen molar-refractivity contribution in [3.63, 3.8) is 0 Å². The van der Waals surface area contributed by atoms with Gasteiger partial charge < -0.3 is 9.84 Å². The molecule has 1 aliphatic rings. The van der Waals surface area contributed by atoms with E-state index in [9.17, 15) is 18.3 Å². The molecule has 0 aromatic rings. The van der Waals surface area contributed by atoms with Crippen LogP contribution >= 0.6 is 0 Å². The molecular formula is C11H19F3O2. The fraction of sp³-hybridized carbons (Fsp3) is 1.00. The average molecular weight is 240 g/mol. The number of halogens is 3. The van der Waals surface area contributed by atoms with Gasteiger partial charge in [-0.3, -0.25) is 0 Å². The van der Waals surface area contributed by atoms with Gasteiger partial charge in [0.1, 0.15) is 0 Å². The van der Waals surface area contributed by atoms with E-state index in [1.807, 2.05) is 13.8 Å². The highest BCUT2D eigenvalue weighted by atomic mass is 19.4. The van der Waals surface area contributed by atoms with E-state index in [-0.39, 0.29) is 30.7 Å². The third-order valence-corrected chi connectivity index (χ3v) is 3.62. The van der Waals surface area contributed by atoms with Crippen LogP contribution < -0.4 is 0 Å². The van der Waals surface area contributed by atoms with E-state index in [0.29, 0.717) is 6.42 Å². The van der Waals surface area contributed by atoms with Crippen molar-refractivity contribution in [3.8, 4) is 0 Å². The van der Waals surface area contributed by atoms with Crippen LogP contribution in [0.2, 0.25) is 0 Å². The third-order valence-electron chi connectivity index (χ3n) is 3.62. The largest absolute Gasteiger partial charge is 0.392 e. The summed E-state index contributed by atoms with van der Waals surface area (Å²) in [5.41, 5.74) is -0.280. The maximum absolute atomic E-state index is 11.9. The number of ether oxygens (including phenoxy) is 1. The van der Waals surface area contributed by atoms with Crippen LogP contribution in [-0.2, 0) is 4.74 Å². The molecule has 1 fully saturated rings. The first-order chi connectivity index (χ1) is 7.29. The van der Waals surface area contributed by atoms with Crippen LogP contribution in [0.1, 0.15) is 39.5 Å². The Morgan fingerprint density at radius 3 is 2.50 bits per heavy atom. The van der Waals surface area contributed by atoms with Crippen molar-refractivity contribution in [2.75, 3.05) is 6.61 Å². The summed E-state index contributed by atoms with van der Waals surface area (Å²) in [6.45, 7) is 3.98. The van der Waals surface area contributed by atoms with Gasteiger partial charge in [0, 0.05) is 24.9 Å². The maximum atomic E-state index is 11.9. The zero-order valence-corrected chi connectivity index (χ0v) is 9.68. The molecule has 1 N–H and O–H groups in total. The summed E-state index contributed by atoms with van der Waals surface area (Å²) < 4.78 is 41.0. The SMILES string of the molecule is CCC1(C)C(O)CC1OCCCC(F)(F)F. The molecule has 0 heterocycles. The third kappa shape index (κ3) is 3.10. The van der Waals surface area contributed by atoms with Crippen LogP contribution in [0.25, 0.3) is 0 Å². The predicted octanol–water partition coefficient (Wildman–Crippen LogP) is 2.90. The van der Waals surface area contributed by atoms with Gasteiger partial charge in [0.25, 0.3) is 0 Å². The molecule has 16 heavy (non-hydrogen) atoms.